The van der Waals surface area contributed by atoms with Crippen molar-refractivity contribution in [1.29, 1.82) is 0 Å². The van der Waals surface area contributed by atoms with Crippen LogP contribution in [0.4, 0.5) is 0 Å². The van der Waals surface area contributed by atoms with Crippen molar-refractivity contribution >= 4 is 0 Å². The Morgan fingerprint density at radius 3 is 2.32 bits per heavy atom. The summed E-state index contributed by atoms with van der Waals surface area (Å²) in [7, 11) is 0. The van der Waals surface area contributed by atoms with Crippen LogP contribution in [0.25, 0.3) is 0 Å². The molecular formula is C21H35N7+2. The molecule has 2 aliphatic rings. The molecule has 0 unspecified atom stereocenters. The molecule has 0 aromatic carbocycles. The topological polar surface area (TPSA) is 65.4 Å². The molecule has 2 aromatic heterocycles. The highest BCUT2D eigenvalue weighted by Crippen LogP contribution is 2.22. The number of pyridine rings is 1. The summed E-state index contributed by atoms with van der Waals surface area (Å²) in [5.74, 6) is 0.967. The quantitative estimate of drug-likeness (QED) is 0.779. The van der Waals surface area contributed by atoms with E-state index in [1.807, 2.05) is 22.0 Å². The Kier molecular flexibility index (Phi) is 5.73. The van der Waals surface area contributed by atoms with Gasteiger partial charge in [0.2, 0.25) is 5.82 Å². The molecule has 7 heteroatoms. The van der Waals surface area contributed by atoms with Crippen LogP contribution in [0.2, 0.25) is 0 Å². The van der Waals surface area contributed by atoms with Gasteiger partial charge in [0.25, 0.3) is 0 Å². The largest absolute Gasteiger partial charge is 0.323 e. The van der Waals surface area contributed by atoms with Gasteiger partial charge in [-0.2, -0.15) is 0 Å². The lowest BCUT2D eigenvalue weighted by Gasteiger charge is -2.38. The second-order valence-electron chi connectivity index (χ2n) is 9.48. The van der Waals surface area contributed by atoms with E-state index in [1.54, 1.807) is 4.90 Å². The maximum Gasteiger partial charge on any atom is 0.214 e. The molecule has 2 aromatic rings. The van der Waals surface area contributed by atoms with Crippen molar-refractivity contribution in [3.8, 4) is 0 Å². The Morgan fingerprint density at radius 1 is 1.00 bits per heavy atom. The lowest BCUT2D eigenvalue weighted by molar-refractivity contribution is -1.03. The summed E-state index contributed by atoms with van der Waals surface area (Å²) in [6, 6.07) is 5.29. The van der Waals surface area contributed by atoms with E-state index >= 15 is 0 Å². The van der Waals surface area contributed by atoms with Crippen LogP contribution in [0.15, 0.2) is 24.5 Å². The zero-order chi connectivity index (χ0) is 19.6. The van der Waals surface area contributed by atoms with Crippen molar-refractivity contribution < 1.29 is 9.80 Å². The zero-order valence-corrected chi connectivity index (χ0v) is 17.6. The second kappa shape index (κ2) is 8.25. The molecule has 1 saturated carbocycles. The van der Waals surface area contributed by atoms with Crippen LogP contribution in [-0.4, -0.2) is 57.4 Å². The Bertz CT molecular complexity index is 738. The van der Waals surface area contributed by atoms with Gasteiger partial charge < -0.3 is 9.80 Å². The van der Waals surface area contributed by atoms with Gasteiger partial charge in [0.05, 0.1) is 11.6 Å². The molecule has 0 amide bonds. The van der Waals surface area contributed by atoms with Gasteiger partial charge in [0.1, 0.15) is 26.2 Å². The molecular weight excluding hydrogens is 350 g/mol. The third kappa shape index (κ3) is 4.10. The van der Waals surface area contributed by atoms with Gasteiger partial charge in [-0.1, -0.05) is 6.42 Å². The summed E-state index contributed by atoms with van der Waals surface area (Å²) in [4.78, 5) is 7.63. The molecule has 2 N–H and O–H groups in total. The van der Waals surface area contributed by atoms with E-state index in [0.717, 1.165) is 25.0 Å². The highest BCUT2D eigenvalue weighted by molar-refractivity contribution is 5.19. The minimum atomic E-state index is -0.140. The molecule has 1 saturated heterocycles. The van der Waals surface area contributed by atoms with Crippen molar-refractivity contribution in [3.05, 3.63) is 35.9 Å². The van der Waals surface area contributed by atoms with Crippen molar-refractivity contribution in [3.63, 3.8) is 0 Å². The Balaban J connectivity index is 1.57. The molecule has 0 bridgehead atoms. The van der Waals surface area contributed by atoms with Gasteiger partial charge in [-0.25, -0.2) is 4.68 Å². The minimum Gasteiger partial charge on any atom is -0.323 e. The fourth-order valence-corrected chi connectivity index (χ4v) is 5.08. The van der Waals surface area contributed by atoms with Crippen molar-refractivity contribution in [2.75, 3.05) is 26.2 Å². The van der Waals surface area contributed by atoms with Crippen LogP contribution in [0.5, 0.6) is 0 Å². The summed E-state index contributed by atoms with van der Waals surface area (Å²) in [5, 5.41) is 12.9. The summed E-state index contributed by atoms with van der Waals surface area (Å²) < 4.78 is 2.01. The molecule has 0 radical (unpaired) electrons. The molecule has 28 heavy (non-hydrogen) atoms. The maximum atomic E-state index is 4.50. The van der Waals surface area contributed by atoms with E-state index < -0.39 is 0 Å². The lowest BCUT2D eigenvalue weighted by Crippen LogP contribution is -3.29. The Labute approximate surface area is 168 Å². The summed E-state index contributed by atoms with van der Waals surface area (Å²) in [6.07, 6.45) is 10.9. The van der Waals surface area contributed by atoms with Crippen molar-refractivity contribution in [2.45, 2.75) is 70.5 Å². The van der Waals surface area contributed by atoms with Gasteiger partial charge in [-0.3, -0.25) is 4.98 Å². The average molecular weight is 386 g/mol. The number of hydrogen-bond donors (Lipinski definition) is 2. The van der Waals surface area contributed by atoms with Gasteiger partial charge in [-0.05, 0) is 69.0 Å². The first kappa shape index (κ1) is 19.5. The van der Waals surface area contributed by atoms with E-state index in [1.165, 1.54) is 50.8 Å². The smallest absolute Gasteiger partial charge is 0.214 e. The summed E-state index contributed by atoms with van der Waals surface area (Å²) in [5.41, 5.74) is 1.12. The zero-order valence-electron chi connectivity index (χ0n) is 17.6. The van der Waals surface area contributed by atoms with E-state index in [0.29, 0.717) is 0 Å². The predicted octanol–water partition coefficient (Wildman–Crippen LogP) is 0.0286. The number of quaternary nitrogens is 2. The van der Waals surface area contributed by atoms with E-state index in [2.05, 4.69) is 53.4 Å². The first-order valence-electron chi connectivity index (χ1n) is 10.9. The van der Waals surface area contributed by atoms with E-state index in [-0.39, 0.29) is 11.6 Å². The number of nitrogens with zero attached hydrogens (tertiary/aromatic N) is 5. The maximum absolute atomic E-state index is 4.50. The van der Waals surface area contributed by atoms with E-state index in [4.69, 9.17) is 0 Å². The van der Waals surface area contributed by atoms with Gasteiger partial charge in [-0.15, -0.1) is 5.10 Å². The number of rotatable bonds is 4. The minimum absolute atomic E-state index is 0.140. The van der Waals surface area contributed by atoms with Crippen LogP contribution >= 0.6 is 0 Å². The third-order valence-corrected chi connectivity index (χ3v) is 6.55. The molecule has 3 heterocycles. The molecule has 1 aliphatic heterocycles. The van der Waals surface area contributed by atoms with Crippen LogP contribution in [0, 0.1) is 0 Å². The number of nitrogens with one attached hydrogen (secondary N) is 2. The van der Waals surface area contributed by atoms with Gasteiger partial charge >= 0.3 is 0 Å². The number of aromatic nitrogens is 5. The van der Waals surface area contributed by atoms with Gasteiger partial charge in [0.15, 0.2) is 6.04 Å². The highest BCUT2D eigenvalue weighted by atomic mass is 15.6. The van der Waals surface area contributed by atoms with Crippen LogP contribution in [0.3, 0.4) is 0 Å². The van der Waals surface area contributed by atoms with Crippen LogP contribution in [-0.2, 0) is 5.54 Å². The number of tetrazole rings is 1. The van der Waals surface area contributed by atoms with E-state index in [9.17, 15) is 0 Å². The lowest BCUT2D eigenvalue weighted by atomic mass is 9.93. The monoisotopic (exact) mass is 385 g/mol. The summed E-state index contributed by atoms with van der Waals surface area (Å²) in [6.45, 7) is 11.3. The number of piperazine rings is 1. The molecule has 152 valence electrons. The Hall–Kier alpha value is -1.86. The third-order valence-electron chi connectivity index (χ3n) is 6.55. The predicted molar refractivity (Wildman–Crippen MR) is 107 cm³/mol. The molecule has 0 spiro atoms. The SMILES string of the molecule is CC(C)(C)n1nnnc1[C@@H](c1ccncc1)[NH+]1CC[NH+](C2CCCCC2)CC1. The molecule has 7 nitrogen and oxygen atoms in total. The first-order valence-corrected chi connectivity index (χ1v) is 10.9. The standard InChI is InChI=1S/C21H33N7/c1-21(2,3)28-20(23-24-25-28)19(17-9-11-22-12-10-17)27-15-13-26(14-16-27)18-7-5-4-6-8-18/h9-12,18-19H,4-8,13-16H2,1-3H3/p+2/t19-/m1/s1. The fraction of sp³-hybridized carbons (Fsp3) is 0.714. The number of hydrogen-bond acceptors (Lipinski definition) is 4. The van der Waals surface area contributed by atoms with Crippen LogP contribution < -0.4 is 9.80 Å². The first-order chi connectivity index (χ1) is 13.5. The molecule has 1 aliphatic carbocycles. The second-order valence-corrected chi connectivity index (χ2v) is 9.48. The van der Waals surface area contributed by atoms with Crippen molar-refractivity contribution in [2.24, 2.45) is 0 Å². The summed E-state index contributed by atoms with van der Waals surface area (Å²) >= 11 is 0. The molecule has 4 rings (SSSR count). The Morgan fingerprint density at radius 2 is 1.68 bits per heavy atom. The molecule has 1 atom stereocenters. The highest BCUT2D eigenvalue weighted by Gasteiger charge is 2.38. The van der Waals surface area contributed by atoms with Gasteiger partial charge in [0, 0.05) is 18.0 Å². The fourth-order valence-electron chi connectivity index (χ4n) is 5.08. The normalized spacial score (nSPS) is 25.5. The van der Waals surface area contributed by atoms with Crippen molar-refractivity contribution in [1.82, 2.24) is 25.2 Å². The average Bonchev–Trinajstić information content (AvgIpc) is 3.20. The van der Waals surface area contributed by atoms with Crippen LogP contribution in [0.1, 0.15) is 70.3 Å². The molecule has 2 fully saturated rings.